The van der Waals surface area contributed by atoms with E-state index in [1.54, 1.807) is 18.2 Å². The van der Waals surface area contributed by atoms with E-state index in [4.69, 9.17) is 4.42 Å². The van der Waals surface area contributed by atoms with E-state index < -0.39 is 0 Å². The first-order valence-corrected chi connectivity index (χ1v) is 5.76. The summed E-state index contributed by atoms with van der Waals surface area (Å²) in [4.78, 5) is 13.5. The highest BCUT2D eigenvalue weighted by Crippen LogP contribution is 2.11. The molecule has 2 amide bonds. The van der Waals surface area contributed by atoms with Gasteiger partial charge in [-0.2, -0.15) is 0 Å². The quantitative estimate of drug-likeness (QED) is 0.900. The summed E-state index contributed by atoms with van der Waals surface area (Å²) in [6.45, 7) is 2.44. The van der Waals surface area contributed by atoms with Gasteiger partial charge < -0.3 is 14.6 Å². The minimum atomic E-state index is -0.156. The van der Waals surface area contributed by atoms with Gasteiger partial charge in [-0.1, -0.05) is 12.1 Å². The molecular weight excluding hydrogens is 228 g/mol. The van der Waals surface area contributed by atoms with Crippen LogP contribution in [0, 0.1) is 6.92 Å². The number of carbonyl (C=O) groups is 1. The van der Waals surface area contributed by atoms with Gasteiger partial charge in [0.05, 0.1) is 12.8 Å². The lowest BCUT2D eigenvalue weighted by Crippen LogP contribution is -2.30. The van der Waals surface area contributed by atoms with Crippen LogP contribution < -0.4 is 5.32 Å². The molecule has 0 aliphatic rings. The van der Waals surface area contributed by atoms with Gasteiger partial charge in [0.15, 0.2) is 0 Å². The summed E-state index contributed by atoms with van der Waals surface area (Å²) in [5, 5.41) is 2.84. The van der Waals surface area contributed by atoms with E-state index in [-0.39, 0.29) is 6.03 Å². The van der Waals surface area contributed by atoms with E-state index in [1.165, 1.54) is 0 Å². The predicted molar refractivity (Wildman–Crippen MR) is 70.4 cm³/mol. The molecule has 2 rings (SSSR count). The molecule has 0 bridgehead atoms. The van der Waals surface area contributed by atoms with Crippen molar-refractivity contribution in [1.29, 1.82) is 0 Å². The lowest BCUT2D eigenvalue weighted by molar-refractivity contribution is 0.217. The second-order valence-corrected chi connectivity index (χ2v) is 4.24. The molecule has 0 aliphatic heterocycles. The third-order valence-electron chi connectivity index (χ3n) is 2.59. The molecule has 0 fully saturated rings. The third-order valence-corrected chi connectivity index (χ3v) is 2.59. The maximum absolute atomic E-state index is 11.9. The van der Waals surface area contributed by atoms with Crippen LogP contribution in [0.5, 0.6) is 0 Å². The predicted octanol–water partition coefficient (Wildman–Crippen LogP) is 3.25. The Kier molecular flexibility index (Phi) is 3.67. The number of nitrogens with one attached hydrogen (secondary N) is 1. The van der Waals surface area contributed by atoms with Gasteiger partial charge >= 0.3 is 6.03 Å². The molecule has 4 heteroatoms. The molecule has 1 aromatic carbocycles. The van der Waals surface area contributed by atoms with Crippen LogP contribution in [-0.2, 0) is 6.54 Å². The van der Waals surface area contributed by atoms with Crippen LogP contribution >= 0.6 is 0 Å². The molecule has 0 saturated carbocycles. The molecule has 0 radical (unpaired) electrons. The van der Waals surface area contributed by atoms with Crippen molar-refractivity contribution < 1.29 is 9.21 Å². The number of furan rings is 1. The highest BCUT2D eigenvalue weighted by Gasteiger charge is 2.10. The molecule has 1 aromatic heterocycles. The molecule has 4 nitrogen and oxygen atoms in total. The van der Waals surface area contributed by atoms with Crippen molar-refractivity contribution in [3.63, 3.8) is 0 Å². The summed E-state index contributed by atoms with van der Waals surface area (Å²) >= 11 is 0. The standard InChI is InChI=1S/C14H16N2O2/c1-11-5-3-6-12(9-11)15-14(17)16(2)10-13-7-4-8-18-13/h3-9H,10H2,1-2H3,(H,15,17). The number of aryl methyl sites for hydroxylation is 1. The molecule has 0 unspecified atom stereocenters. The van der Waals surface area contributed by atoms with Gasteiger partial charge in [-0.05, 0) is 36.8 Å². The molecule has 0 aliphatic carbocycles. The van der Waals surface area contributed by atoms with Gasteiger partial charge in [-0.15, -0.1) is 0 Å². The Morgan fingerprint density at radius 2 is 2.17 bits per heavy atom. The summed E-state index contributed by atoms with van der Waals surface area (Å²) in [5.41, 5.74) is 1.91. The van der Waals surface area contributed by atoms with Gasteiger partial charge in [-0.25, -0.2) is 4.79 Å². The van der Waals surface area contributed by atoms with Gasteiger partial charge in [0.25, 0.3) is 0 Å². The Labute approximate surface area is 106 Å². The molecule has 0 atom stereocenters. The molecule has 1 heterocycles. The van der Waals surface area contributed by atoms with Crippen LogP contribution in [0.3, 0.4) is 0 Å². The van der Waals surface area contributed by atoms with Gasteiger partial charge in [-0.3, -0.25) is 0 Å². The first-order chi connectivity index (χ1) is 8.65. The first kappa shape index (κ1) is 12.2. The van der Waals surface area contributed by atoms with E-state index in [1.807, 2.05) is 43.3 Å². The summed E-state index contributed by atoms with van der Waals surface area (Å²) in [6, 6.07) is 11.2. The Hall–Kier alpha value is -2.23. The number of rotatable bonds is 3. The minimum absolute atomic E-state index is 0.156. The largest absolute Gasteiger partial charge is 0.467 e. The Bertz CT molecular complexity index is 520. The Balaban J connectivity index is 1.95. The maximum atomic E-state index is 11.9. The van der Waals surface area contributed by atoms with E-state index >= 15 is 0 Å². The monoisotopic (exact) mass is 244 g/mol. The fraction of sp³-hybridized carbons (Fsp3) is 0.214. The molecule has 2 aromatic rings. The normalized spacial score (nSPS) is 10.1. The summed E-state index contributed by atoms with van der Waals surface area (Å²) in [5.74, 6) is 0.761. The highest BCUT2D eigenvalue weighted by atomic mass is 16.3. The molecule has 94 valence electrons. The molecule has 0 saturated heterocycles. The van der Waals surface area contributed by atoms with Gasteiger partial charge in [0.1, 0.15) is 5.76 Å². The molecule has 0 spiro atoms. The second-order valence-electron chi connectivity index (χ2n) is 4.24. The van der Waals surface area contributed by atoms with Crippen molar-refractivity contribution in [3.8, 4) is 0 Å². The number of amides is 2. The van der Waals surface area contributed by atoms with Crippen LogP contribution in [0.15, 0.2) is 47.1 Å². The van der Waals surface area contributed by atoms with Gasteiger partial charge in [0.2, 0.25) is 0 Å². The zero-order chi connectivity index (χ0) is 13.0. The van der Waals surface area contributed by atoms with Crippen LogP contribution in [0.1, 0.15) is 11.3 Å². The zero-order valence-corrected chi connectivity index (χ0v) is 10.5. The van der Waals surface area contributed by atoms with Gasteiger partial charge in [0, 0.05) is 12.7 Å². The summed E-state index contributed by atoms with van der Waals surface area (Å²) in [6.07, 6.45) is 1.60. The van der Waals surface area contributed by atoms with Crippen LogP contribution in [0.4, 0.5) is 10.5 Å². The Morgan fingerprint density at radius 3 is 2.83 bits per heavy atom. The average molecular weight is 244 g/mol. The number of carbonyl (C=O) groups excluding carboxylic acids is 1. The van der Waals surface area contributed by atoms with Crippen LogP contribution in [0.2, 0.25) is 0 Å². The smallest absolute Gasteiger partial charge is 0.321 e. The lowest BCUT2D eigenvalue weighted by atomic mass is 10.2. The average Bonchev–Trinajstić information content (AvgIpc) is 2.81. The number of anilines is 1. The zero-order valence-electron chi connectivity index (χ0n) is 10.5. The first-order valence-electron chi connectivity index (χ1n) is 5.76. The minimum Gasteiger partial charge on any atom is -0.467 e. The van der Waals surface area contributed by atoms with Crippen molar-refractivity contribution >= 4 is 11.7 Å². The van der Waals surface area contributed by atoms with Crippen molar-refractivity contribution in [2.45, 2.75) is 13.5 Å². The Morgan fingerprint density at radius 1 is 1.33 bits per heavy atom. The van der Waals surface area contributed by atoms with Crippen molar-refractivity contribution in [1.82, 2.24) is 4.90 Å². The topological polar surface area (TPSA) is 45.5 Å². The summed E-state index contributed by atoms with van der Waals surface area (Å²) < 4.78 is 5.20. The molecule has 18 heavy (non-hydrogen) atoms. The number of urea groups is 1. The highest BCUT2D eigenvalue weighted by molar-refractivity contribution is 5.89. The number of hydrogen-bond acceptors (Lipinski definition) is 2. The second kappa shape index (κ2) is 5.40. The molecule has 1 N–H and O–H groups in total. The van der Waals surface area contributed by atoms with Crippen molar-refractivity contribution in [3.05, 3.63) is 54.0 Å². The van der Waals surface area contributed by atoms with E-state index in [9.17, 15) is 4.79 Å². The fourth-order valence-corrected chi connectivity index (χ4v) is 1.65. The van der Waals surface area contributed by atoms with Crippen molar-refractivity contribution in [2.75, 3.05) is 12.4 Å². The van der Waals surface area contributed by atoms with Crippen LogP contribution in [0.25, 0.3) is 0 Å². The van der Waals surface area contributed by atoms with E-state index in [0.717, 1.165) is 17.0 Å². The number of benzene rings is 1. The van der Waals surface area contributed by atoms with Crippen LogP contribution in [-0.4, -0.2) is 18.0 Å². The third kappa shape index (κ3) is 3.13. The fourth-order valence-electron chi connectivity index (χ4n) is 1.65. The SMILES string of the molecule is Cc1cccc(NC(=O)N(C)Cc2ccco2)c1. The lowest BCUT2D eigenvalue weighted by Gasteiger charge is -2.16. The maximum Gasteiger partial charge on any atom is 0.321 e. The van der Waals surface area contributed by atoms with E-state index in [2.05, 4.69) is 5.32 Å². The van der Waals surface area contributed by atoms with Crippen molar-refractivity contribution in [2.24, 2.45) is 0 Å². The van der Waals surface area contributed by atoms with E-state index in [0.29, 0.717) is 6.54 Å². The summed E-state index contributed by atoms with van der Waals surface area (Å²) in [7, 11) is 1.73. The number of hydrogen-bond donors (Lipinski definition) is 1. The molecular formula is C14H16N2O2. The number of nitrogens with zero attached hydrogens (tertiary/aromatic N) is 1.